The SMILES string of the molecule is N#CS(=O)(=O)C1CCCCCCC1. The maximum atomic E-state index is 11.3. The first-order chi connectivity index (χ1) is 6.17. The Labute approximate surface area is 79.7 Å². The molecule has 0 aromatic carbocycles. The summed E-state index contributed by atoms with van der Waals surface area (Å²) < 4.78 is 22.5. The van der Waals surface area contributed by atoms with Crippen molar-refractivity contribution in [3.63, 3.8) is 0 Å². The summed E-state index contributed by atoms with van der Waals surface area (Å²) in [6, 6.07) is 0. The highest BCUT2D eigenvalue weighted by atomic mass is 32.2. The van der Waals surface area contributed by atoms with E-state index in [9.17, 15) is 8.42 Å². The van der Waals surface area contributed by atoms with Crippen LogP contribution in [-0.2, 0) is 9.84 Å². The van der Waals surface area contributed by atoms with Crippen LogP contribution in [0.4, 0.5) is 0 Å². The van der Waals surface area contributed by atoms with Crippen LogP contribution in [0.3, 0.4) is 0 Å². The van der Waals surface area contributed by atoms with Gasteiger partial charge in [0.05, 0.1) is 5.25 Å². The van der Waals surface area contributed by atoms with Crippen LogP contribution >= 0.6 is 0 Å². The molecule has 0 aromatic heterocycles. The van der Waals surface area contributed by atoms with E-state index in [4.69, 9.17) is 5.26 Å². The number of hydrogen-bond donors (Lipinski definition) is 0. The first kappa shape index (κ1) is 10.5. The van der Waals surface area contributed by atoms with Crippen LogP contribution in [0.25, 0.3) is 0 Å². The topological polar surface area (TPSA) is 57.9 Å². The molecule has 1 aliphatic carbocycles. The summed E-state index contributed by atoms with van der Waals surface area (Å²) in [5.41, 5.74) is 0. The molecule has 0 aromatic rings. The van der Waals surface area contributed by atoms with Crippen molar-refractivity contribution < 1.29 is 8.42 Å². The highest BCUT2D eigenvalue weighted by Crippen LogP contribution is 2.22. The molecule has 0 amide bonds. The molecule has 0 unspecified atom stereocenters. The second-order valence-electron chi connectivity index (χ2n) is 3.60. The second kappa shape index (κ2) is 4.61. The zero-order chi connectivity index (χ0) is 9.73. The Kier molecular flexibility index (Phi) is 3.73. The Bertz CT molecular complexity index is 281. The van der Waals surface area contributed by atoms with E-state index in [-0.39, 0.29) is 0 Å². The average molecular weight is 201 g/mol. The largest absolute Gasteiger partial charge is 0.244 e. The van der Waals surface area contributed by atoms with Gasteiger partial charge in [-0.1, -0.05) is 32.1 Å². The van der Waals surface area contributed by atoms with Gasteiger partial charge in [0.2, 0.25) is 9.84 Å². The molecule has 0 saturated heterocycles. The van der Waals surface area contributed by atoms with Gasteiger partial charge in [-0.05, 0) is 12.8 Å². The van der Waals surface area contributed by atoms with E-state index in [1.165, 1.54) is 11.8 Å². The lowest BCUT2D eigenvalue weighted by Crippen LogP contribution is -2.20. The molecule has 1 rings (SSSR count). The minimum Gasteiger partial charge on any atom is -0.213 e. The van der Waals surface area contributed by atoms with Crippen molar-refractivity contribution in [1.29, 1.82) is 5.26 Å². The number of thiocyanates is 1. The molecule has 0 bridgehead atoms. The molecule has 1 fully saturated rings. The van der Waals surface area contributed by atoms with Crippen molar-refractivity contribution >= 4 is 9.84 Å². The van der Waals surface area contributed by atoms with E-state index in [1.807, 2.05) is 0 Å². The third-order valence-corrected chi connectivity index (χ3v) is 4.22. The average Bonchev–Trinajstić information content (AvgIpc) is 2.03. The van der Waals surface area contributed by atoms with E-state index < -0.39 is 15.1 Å². The number of sulfone groups is 1. The van der Waals surface area contributed by atoms with Gasteiger partial charge in [0.25, 0.3) is 0 Å². The van der Waals surface area contributed by atoms with Gasteiger partial charge in [0, 0.05) is 0 Å². The Hall–Kier alpha value is -0.560. The van der Waals surface area contributed by atoms with Gasteiger partial charge in [0.1, 0.15) is 0 Å². The summed E-state index contributed by atoms with van der Waals surface area (Å²) in [5, 5.41) is 9.51. The van der Waals surface area contributed by atoms with E-state index in [1.54, 1.807) is 0 Å². The standard InChI is InChI=1S/C9H15NO2S/c10-8-13(11,12)9-6-4-2-1-3-5-7-9/h9H,1-7H2. The Morgan fingerprint density at radius 3 is 1.92 bits per heavy atom. The van der Waals surface area contributed by atoms with Crippen LogP contribution in [0.1, 0.15) is 44.9 Å². The van der Waals surface area contributed by atoms with Crippen molar-refractivity contribution in [2.24, 2.45) is 0 Å². The lowest BCUT2D eigenvalue weighted by atomic mass is 10.0. The van der Waals surface area contributed by atoms with Gasteiger partial charge in [-0.2, -0.15) is 5.26 Å². The number of nitrogens with zero attached hydrogens (tertiary/aromatic N) is 1. The van der Waals surface area contributed by atoms with E-state index in [2.05, 4.69) is 0 Å². The second-order valence-corrected chi connectivity index (χ2v) is 5.54. The molecule has 74 valence electrons. The minimum absolute atomic E-state index is 0.391. The van der Waals surface area contributed by atoms with Crippen molar-refractivity contribution in [1.82, 2.24) is 0 Å². The van der Waals surface area contributed by atoms with Crippen LogP contribution in [0.2, 0.25) is 0 Å². The van der Waals surface area contributed by atoms with Gasteiger partial charge in [-0.3, -0.25) is 0 Å². The molecule has 4 heteroatoms. The van der Waals surface area contributed by atoms with Gasteiger partial charge < -0.3 is 0 Å². The van der Waals surface area contributed by atoms with Crippen molar-refractivity contribution in [3.05, 3.63) is 0 Å². The fourth-order valence-corrected chi connectivity index (χ4v) is 2.91. The fraction of sp³-hybridized carbons (Fsp3) is 0.889. The molecule has 13 heavy (non-hydrogen) atoms. The number of hydrogen-bond acceptors (Lipinski definition) is 3. The molecule has 3 nitrogen and oxygen atoms in total. The number of nitriles is 1. The zero-order valence-electron chi connectivity index (χ0n) is 7.70. The Balaban J connectivity index is 2.62. The van der Waals surface area contributed by atoms with Crippen LogP contribution in [0, 0.1) is 10.7 Å². The summed E-state index contributed by atoms with van der Waals surface area (Å²) in [6.07, 6.45) is 6.68. The predicted octanol–water partition coefficient (Wildman–Crippen LogP) is 2.00. The number of rotatable bonds is 1. The first-order valence-electron chi connectivity index (χ1n) is 4.81. The van der Waals surface area contributed by atoms with E-state index in [0.717, 1.165) is 25.7 Å². The van der Waals surface area contributed by atoms with E-state index in [0.29, 0.717) is 12.8 Å². The van der Waals surface area contributed by atoms with Crippen LogP contribution in [0.5, 0.6) is 0 Å². The van der Waals surface area contributed by atoms with Crippen molar-refractivity contribution in [2.75, 3.05) is 0 Å². The summed E-state index contributed by atoms with van der Waals surface area (Å²) in [4.78, 5) is 0. The van der Waals surface area contributed by atoms with Crippen molar-refractivity contribution in [2.45, 2.75) is 50.2 Å². The molecule has 0 heterocycles. The van der Waals surface area contributed by atoms with Crippen LogP contribution in [0.15, 0.2) is 0 Å². The smallest absolute Gasteiger partial charge is 0.213 e. The van der Waals surface area contributed by atoms with Gasteiger partial charge in [-0.25, -0.2) is 8.42 Å². The third kappa shape index (κ3) is 3.00. The zero-order valence-corrected chi connectivity index (χ0v) is 8.52. The first-order valence-corrected chi connectivity index (χ1v) is 6.36. The predicted molar refractivity (Wildman–Crippen MR) is 50.6 cm³/mol. The quantitative estimate of drug-likeness (QED) is 0.481. The lowest BCUT2D eigenvalue weighted by Gasteiger charge is -2.15. The van der Waals surface area contributed by atoms with Crippen LogP contribution in [-0.4, -0.2) is 13.7 Å². The highest BCUT2D eigenvalue weighted by molar-refractivity contribution is 7.96. The normalized spacial score (nSPS) is 21.5. The molecule has 0 radical (unpaired) electrons. The summed E-state index contributed by atoms with van der Waals surface area (Å²) in [5.74, 6) is 0. The van der Waals surface area contributed by atoms with Gasteiger partial charge >= 0.3 is 0 Å². The molecular formula is C9H15NO2S. The highest BCUT2D eigenvalue weighted by Gasteiger charge is 2.24. The fourth-order valence-electron chi connectivity index (χ4n) is 1.80. The van der Waals surface area contributed by atoms with Gasteiger partial charge in [0.15, 0.2) is 5.40 Å². The molecule has 1 aliphatic rings. The Morgan fingerprint density at radius 1 is 1.00 bits per heavy atom. The molecule has 0 aliphatic heterocycles. The van der Waals surface area contributed by atoms with Gasteiger partial charge in [-0.15, -0.1) is 0 Å². The molecule has 0 atom stereocenters. The minimum atomic E-state index is -3.46. The molecular weight excluding hydrogens is 186 g/mol. The Morgan fingerprint density at radius 2 is 1.46 bits per heavy atom. The third-order valence-electron chi connectivity index (χ3n) is 2.62. The summed E-state index contributed by atoms with van der Waals surface area (Å²) in [6.45, 7) is 0. The molecule has 1 saturated carbocycles. The maximum absolute atomic E-state index is 11.3. The maximum Gasteiger partial charge on any atom is 0.244 e. The van der Waals surface area contributed by atoms with Crippen LogP contribution < -0.4 is 0 Å². The summed E-state index contributed by atoms with van der Waals surface area (Å²) >= 11 is 0. The summed E-state index contributed by atoms with van der Waals surface area (Å²) in [7, 11) is -3.46. The lowest BCUT2D eigenvalue weighted by molar-refractivity contribution is 0.491. The van der Waals surface area contributed by atoms with E-state index >= 15 is 0 Å². The molecule has 0 spiro atoms. The van der Waals surface area contributed by atoms with Crippen molar-refractivity contribution in [3.8, 4) is 5.40 Å². The molecule has 0 N–H and O–H groups in total. The monoisotopic (exact) mass is 201 g/mol.